The van der Waals surface area contributed by atoms with Gasteiger partial charge in [-0.1, -0.05) is 0 Å². The molecule has 0 aliphatic heterocycles. The van der Waals surface area contributed by atoms with Gasteiger partial charge in [0.05, 0.1) is 17.8 Å². The first-order chi connectivity index (χ1) is 9.61. The van der Waals surface area contributed by atoms with Crippen molar-refractivity contribution >= 4 is 11.5 Å². The van der Waals surface area contributed by atoms with Crippen LogP contribution in [0.3, 0.4) is 0 Å². The van der Waals surface area contributed by atoms with Gasteiger partial charge in [-0.25, -0.2) is 4.98 Å². The van der Waals surface area contributed by atoms with Gasteiger partial charge in [0, 0.05) is 19.4 Å². The van der Waals surface area contributed by atoms with E-state index in [1.54, 1.807) is 32.4 Å². The van der Waals surface area contributed by atoms with Crippen LogP contribution in [0.5, 0.6) is 0 Å². The van der Waals surface area contributed by atoms with Crippen LogP contribution >= 0.6 is 0 Å². The van der Waals surface area contributed by atoms with Crippen molar-refractivity contribution in [2.45, 2.75) is 13.0 Å². The average molecular weight is 277 g/mol. The largest absolute Gasteiger partial charge is 0.467 e. The fourth-order valence-corrected chi connectivity index (χ4v) is 1.82. The van der Waals surface area contributed by atoms with Gasteiger partial charge in [0.1, 0.15) is 11.8 Å². The number of ether oxygens (including phenoxy) is 1. The van der Waals surface area contributed by atoms with Crippen LogP contribution in [-0.4, -0.2) is 23.6 Å². The first-order valence-electron chi connectivity index (χ1n) is 6.01. The summed E-state index contributed by atoms with van der Waals surface area (Å²) in [6.45, 7) is 2.06. The highest BCUT2D eigenvalue weighted by Crippen LogP contribution is 2.27. The van der Waals surface area contributed by atoms with Gasteiger partial charge in [0.2, 0.25) is 5.82 Å². The summed E-state index contributed by atoms with van der Waals surface area (Å²) in [7, 11) is 1.55. The Balaban J connectivity index is 2.29. The van der Waals surface area contributed by atoms with Gasteiger partial charge < -0.3 is 14.5 Å². The van der Waals surface area contributed by atoms with Gasteiger partial charge in [-0.05, 0) is 24.6 Å². The Morgan fingerprint density at radius 1 is 1.60 bits per heavy atom. The molecule has 7 nitrogen and oxygen atoms in total. The Hall–Kier alpha value is -2.41. The summed E-state index contributed by atoms with van der Waals surface area (Å²) in [6, 6.07) is 4.65. The topological polar surface area (TPSA) is 90.4 Å². The number of hydrogen-bond acceptors (Lipinski definition) is 6. The molecule has 1 N–H and O–H groups in total. The van der Waals surface area contributed by atoms with Crippen molar-refractivity contribution in [1.29, 1.82) is 0 Å². The second kappa shape index (κ2) is 6.16. The summed E-state index contributed by atoms with van der Waals surface area (Å²) in [5.74, 6) is 0.822. The van der Waals surface area contributed by atoms with Crippen LogP contribution in [0.1, 0.15) is 17.4 Å². The van der Waals surface area contributed by atoms with Gasteiger partial charge in [0.15, 0.2) is 0 Å². The number of nitrogens with zero attached hydrogens (tertiary/aromatic N) is 2. The standard InChI is InChI=1S/C13H15N3O4/c1-9-6-11(16(17)18)13(14-7-9)15-10(8-19-2)12-4-3-5-20-12/h3-7,10H,8H2,1-2H3,(H,14,15). The number of nitrogens with one attached hydrogen (secondary N) is 1. The van der Waals surface area contributed by atoms with E-state index in [2.05, 4.69) is 10.3 Å². The molecular weight excluding hydrogens is 262 g/mol. The molecule has 1 unspecified atom stereocenters. The number of aromatic nitrogens is 1. The molecule has 0 amide bonds. The van der Waals surface area contributed by atoms with Gasteiger partial charge in [-0.2, -0.15) is 0 Å². The van der Waals surface area contributed by atoms with Crippen LogP contribution in [0.25, 0.3) is 0 Å². The smallest absolute Gasteiger partial charge is 0.311 e. The van der Waals surface area contributed by atoms with E-state index in [0.29, 0.717) is 12.4 Å². The van der Waals surface area contributed by atoms with Crippen LogP contribution in [0.15, 0.2) is 35.1 Å². The lowest BCUT2D eigenvalue weighted by Crippen LogP contribution is -2.17. The quantitative estimate of drug-likeness (QED) is 0.644. The maximum Gasteiger partial charge on any atom is 0.311 e. The maximum atomic E-state index is 11.1. The lowest BCUT2D eigenvalue weighted by atomic mass is 10.2. The highest BCUT2D eigenvalue weighted by molar-refractivity contribution is 5.57. The van der Waals surface area contributed by atoms with E-state index < -0.39 is 4.92 Å². The van der Waals surface area contributed by atoms with Crippen LogP contribution < -0.4 is 5.32 Å². The number of nitro groups is 1. The summed E-state index contributed by atoms with van der Waals surface area (Å²) in [5.41, 5.74) is 0.654. The molecule has 0 bridgehead atoms. The van der Waals surface area contributed by atoms with Crippen molar-refractivity contribution in [3.63, 3.8) is 0 Å². The molecule has 7 heteroatoms. The first-order valence-corrected chi connectivity index (χ1v) is 6.01. The Bertz CT molecular complexity index is 583. The number of methoxy groups -OCH3 is 1. The molecule has 2 heterocycles. The Morgan fingerprint density at radius 2 is 2.40 bits per heavy atom. The zero-order valence-electron chi connectivity index (χ0n) is 11.2. The molecule has 0 aliphatic rings. The number of aryl methyl sites for hydroxylation is 1. The van der Waals surface area contributed by atoms with E-state index in [-0.39, 0.29) is 17.5 Å². The van der Waals surface area contributed by atoms with Crippen LogP contribution in [-0.2, 0) is 4.74 Å². The Morgan fingerprint density at radius 3 is 3.00 bits per heavy atom. The Labute approximate surface area is 115 Å². The minimum atomic E-state index is -0.464. The maximum absolute atomic E-state index is 11.1. The monoisotopic (exact) mass is 277 g/mol. The van der Waals surface area contributed by atoms with Crippen LogP contribution in [0, 0.1) is 17.0 Å². The van der Waals surface area contributed by atoms with Crippen LogP contribution in [0.2, 0.25) is 0 Å². The molecule has 2 rings (SSSR count). The van der Waals surface area contributed by atoms with Gasteiger partial charge >= 0.3 is 5.69 Å². The predicted octanol–water partition coefficient (Wildman–Crippen LogP) is 2.69. The van der Waals surface area contributed by atoms with Crippen molar-refractivity contribution in [3.05, 3.63) is 52.1 Å². The third-order valence-electron chi connectivity index (χ3n) is 2.73. The lowest BCUT2D eigenvalue weighted by molar-refractivity contribution is -0.384. The fraction of sp³-hybridized carbons (Fsp3) is 0.308. The minimum Gasteiger partial charge on any atom is -0.467 e. The number of anilines is 1. The Kier molecular flexibility index (Phi) is 4.31. The lowest BCUT2D eigenvalue weighted by Gasteiger charge is -2.16. The average Bonchev–Trinajstić information content (AvgIpc) is 2.93. The fourth-order valence-electron chi connectivity index (χ4n) is 1.82. The summed E-state index contributed by atoms with van der Waals surface area (Å²) < 4.78 is 10.4. The number of hydrogen-bond donors (Lipinski definition) is 1. The molecule has 0 aliphatic carbocycles. The molecule has 2 aromatic heterocycles. The van der Waals surface area contributed by atoms with E-state index >= 15 is 0 Å². The molecule has 0 saturated heterocycles. The summed E-state index contributed by atoms with van der Waals surface area (Å²) in [4.78, 5) is 14.7. The molecule has 0 radical (unpaired) electrons. The SMILES string of the molecule is COCC(Nc1ncc(C)cc1[N+](=O)[O-])c1ccco1. The zero-order chi connectivity index (χ0) is 14.5. The highest BCUT2D eigenvalue weighted by Gasteiger charge is 2.21. The van der Waals surface area contributed by atoms with Gasteiger partial charge in [-0.3, -0.25) is 10.1 Å². The van der Waals surface area contributed by atoms with Gasteiger partial charge in [-0.15, -0.1) is 0 Å². The first kappa shape index (κ1) is 14.0. The van der Waals surface area contributed by atoms with Crippen molar-refractivity contribution in [3.8, 4) is 0 Å². The molecule has 20 heavy (non-hydrogen) atoms. The minimum absolute atomic E-state index is 0.0716. The number of furan rings is 1. The second-order valence-corrected chi connectivity index (χ2v) is 4.31. The van der Waals surface area contributed by atoms with E-state index in [9.17, 15) is 10.1 Å². The number of rotatable bonds is 6. The molecule has 2 aromatic rings. The molecule has 0 spiro atoms. The molecule has 0 fully saturated rings. The van der Waals surface area contributed by atoms with Gasteiger partial charge in [0.25, 0.3) is 0 Å². The highest BCUT2D eigenvalue weighted by atomic mass is 16.6. The van der Waals surface area contributed by atoms with E-state index in [1.165, 1.54) is 12.3 Å². The summed E-state index contributed by atoms with van der Waals surface area (Å²) >= 11 is 0. The zero-order valence-corrected chi connectivity index (χ0v) is 11.2. The van der Waals surface area contributed by atoms with E-state index in [4.69, 9.17) is 9.15 Å². The van der Waals surface area contributed by atoms with Crippen molar-refractivity contribution in [2.75, 3.05) is 19.0 Å². The van der Waals surface area contributed by atoms with Crippen molar-refractivity contribution in [2.24, 2.45) is 0 Å². The molecule has 0 saturated carbocycles. The molecule has 106 valence electrons. The summed E-state index contributed by atoms with van der Waals surface area (Å²) in [5, 5.41) is 14.1. The third kappa shape index (κ3) is 3.12. The van der Waals surface area contributed by atoms with Crippen molar-refractivity contribution in [1.82, 2.24) is 4.98 Å². The van der Waals surface area contributed by atoms with E-state index in [1.807, 2.05) is 0 Å². The molecular formula is C13H15N3O4. The normalized spacial score (nSPS) is 12.1. The molecule has 0 aromatic carbocycles. The van der Waals surface area contributed by atoms with Crippen molar-refractivity contribution < 1.29 is 14.1 Å². The number of pyridine rings is 1. The predicted molar refractivity (Wildman–Crippen MR) is 72.6 cm³/mol. The second-order valence-electron chi connectivity index (χ2n) is 4.31. The summed E-state index contributed by atoms with van der Waals surface area (Å²) in [6.07, 6.45) is 3.11. The third-order valence-corrected chi connectivity index (χ3v) is 2.73. The molecule has 1 atom stereocenters. The van der Waals surface area contributed by atoms with E-state index in [0.717, 1.165) is 5.56 Å². The van der Waals surface area contributed by atoms with Crippen LogP contribution in [0.4, 0.5) is 11.5 Å².